The molecule has 3 aliphatic rings. The first kappa shape index (κ1) is 15.1. The standard InChI is InChI=1S/C15H26N2O4/c18-12-6-4-11(5-7-12)16-15(19)17-8-2-1-3-13(17)14-20-9-10-21-14/h11-14,18H,1-10H2,(H,16,19)/t11?,12?,13-/m0/s1. The van der Waals surface area contributed by atoms with E-state index in [1.54, 1.807) is 0 Å². The van der Waals surface area contributed by atoms with Crippen LogP contribution in [0.25, 0.3) is 0 Å². The van der Waals surface area contributed by atoms with E-state index in [4.69, 9.17) is 9.47 Å². The maximum Gasteiger partial charge on any atom is 0.318 e. The lowest BCUT2D eigenvalue weighted by Crippen LogP contribution is -2.55. The van der Waals surface area contributed by atoms with E-state index in [0.29, 0.717) is 13.2 Å². The number of aliphatic hydroxyl groups is 1. The zero-order valence-electron chi connectivity index (χ0n) is 12.5. The number of nitrogens with zero attached hydrogens (tertiary/aromatic N) is 1. The van der Waals surface area contributed by atoms with Crippen molar-refractivity contribution in [1.29, 1.82) is 0 Å². The van der Waals surface area contributed by atoms with Crippen LogP contribution in [0.2, 0.25) is 0 Å². The Morgan fingerprint density at radius 3 is 2.48 bits per heavy atom. The maximum atomic E-state index is 12.6. The van der Waals surface area contributed by atoms with E-state index >= 15 is 0 Å². The van der Waals surface area contributed by atoms with Gasteiger partial charge < -0.3 is 24.8 Å². The number of carbonyl (C=O) groups excluding carboxylic acids is 1. The smallest absolute Gasteiger partial charge is 0.318 e. The molecule has 0 spiro atoms. The van der Waals surface area contributed by atoms with Crippen LogP contribution in [0.1, 0.15) is 44.9 Å². The number of urea groups is 1. The molecule has 3 fully saturated rings. The Kier molecular flexibility index (Phi) is 4.98. The first-order valence-corrected chi connectivity index (χ1v) is 8.22. The lowest BCUT2D eigenvalue weighted by molar-refractivity contribution is -0.0985. The van der Waals surface area contributed by atoms with Gasteiger partial charge in [0.25, 0.3) is 0 Å². The monoisotopic (exact) mass is 298 g/mol. The largest absolute Gasteiger partial charge is 0.393 e. The molecular formula is C15H26N2O4. The van der Waals surface area contributed by atoms with E-state index in [1.165, 1.54) is 0 Å². The van der Waals surface area contributed by atoms with Crippen LogP contribution in [0.4, 0.5) is 4.79 Å². The van der Waals surface area contributed by atoms with E-state index < -0.39 is 0 Å². The summed E-state index contributed by atoms with van der Waals surface area (Å²) < 4.78 is 11.2. The van der Waals surface area contributed by atoms with Crippen LogP contribution in [0, 0.1) is 0 Å². The van der Waals surface area contributed by atoms with Gasteiger partial charge in [0.05, 0.1) is 25.4 Å². The summed E-state index contributed by atoms with van der Waals surface area (Å²) in [6, 6.07) is 0.226. The van der Waals surface area contributed by atoms with Gasteiger partial charge in [0.15, 0.2) is 6.29 Å². The molecule has 2 amide bonds. The molecule has 1 saturated carbocycles. The molecule has 0 bridgehead atoms. The molecule has 1 aliphatic carbocycles. The summed E-state index contributed by atoms with van der Waals surface area (Å²) in [6.45, 7) is 2.02. The number of hydrogen-bond donors (Lipinski definition) is 2. The zero-order valence-corrected chi connectivity index (χ0v) is 12.5. The third-order valence-electron chi connectivity index (χ3n) is 4.80. The molecule has 6 nitrogen and oxygen atoms in total. The molecule has 2 saturated heterocycles. The molecule has 0 radical (unpaired) electrons. The van der Waals surface area contributed by atoms with Crippen molar-refractivity contribution in [2.45, 2.75) is 69.4 Å². The Balaban J connectivity index is 1.56. The fraction of sp³-hybridized carbons (Fsp3) is 0.933. The number of ether oxygens (including phenoxy) is 2. The van der Waals surface area contributed by atoms with E-state index in [0.717, 1.165) is 51.5 Å². The SMILES string of the molecule is O=C(NC1CCC(O)CC1)N1CCCC[C@H]1C1OCCO1. The number of aliphatic hydroxyl groups excluding tert-OH is 1. The summed E-state index contributed by atoms with van der Waals surface area (Å²) in [7, 11) is 0. The Hall–Kier alpha value is -0.850. The van der Waals surface area contributed by atoms with E-state index in [-0.39, 0.29) is 30.5 Å². The number of hydrogen-bond acceptors (Lipinski definition) is 4. The second-order valence-corrected chi connectivity index (χ2v) is 6.32. The molecule has 0 aromatic heterocycles. The van der Waals surface area contributed by atoms with Gasteiger partial charge in [-0.3, -0.25) is 0 Å². The molecule has 120 valence electrons. The molecule has 0 aromatic rings. The van der Waals surface area contributed by atoms with Gasteiger partial charge in [-0.2, -0.15) is 0 Å². The van der Waals surface area contributed by atoms with Gasteiger partial charge in [-0.05, 0) is 44.9 Å². The molecule has 21 heavy (non-hydrogen) atoms. The minimum Gasteiger partial charge on any atom is -0.393 e. The number of piperidine rings is 1. The summed E-state index contributed by atoms with van der Waals surface area (Å²) in [4.78, 5) is 14.4. The van der Waals surface area contributed by atoms with Gasteiger partial charge >= 0.3 is 6.03 Å². The number of rotatable bonds is 2. The third-order valence-corrected chi connectivity index (χ3v) is 4.80. The molecule has 2 aliphatic heterocycles. The minimum absolute atomic E-state index is 0.000176. The summed E-state index contributed by atoms with van der Waals surface area (Å²) in [5.74, 6) is 0. The van der Waals surface area contributed by atoms with Crippen molar-refractivity contribution < 1.29 is 19.4 Å². The van der Waals surface area contributed by atoms with E-state index in [2.05, 4.69) is 5.32 Å². The van der Waals surface area contributed by atoms with Gasteiger partial charge in [-0.25, -0.2) is 4.79 Å². The summed E-state index contributed by atoms with van der Waals surface area (Å²) in [5.41, 5.74) is 0. The van der Waals surface area contributed by atoms with Crippen molar-refractivity contribution >= 4 is 6.03 Å². The highest BCUT2D eigenvalue weighted by molar-refractivity contribution is 5.75. The average molecular weight is 298 g/mol. The van der Waals surface area contributed by atoms with Gasteiger partial charge in [0.2, 0.25) is 0 Å². The Labute approximate surface area is 125 Å². The van der Waals surface area contributed by atoms with Gasteiger partial charge in [0, 0.05) is 12.6 Å². The molecule has 2 heterocycles. The predicted octanol–water partition coefficient (Wildman–Crippen LogP) is 1.23. The van der Waals surface area contributed by atoms with Crippen molar-refractivity contribution in [2.75, 3.05) is 19.8 Å². The van der Waals surface area contributed by atoms with Crippen molar-refractivity contribution in [3.63, 3.8) is 0 Å². The zero-order chi connectivity index (χ0) is 14.7. The van der Waals surface area contributed by atoms with Crippen molar-refractivity contribution in [3.8, 4) is 0 Å². The van der Waals surface area contributed by atoms with Gasteiger partial charge in [0.1, 0.15) is 0 Å². The molecule has 0 unspecified atom stereocenters. The Morgan fingerprint density at radius 2 is 1.76 bits per heavy atom. The third kappa shape index (κ3) is 3.67. The first-order chi connectivity index (χ1) is 10.2. The van der Waals surface area contributed by atoms with Crippen molar-refractivity contribution in [3.05, 3.63) is 0 Å². The van der Waals surface area contributed by atoms with Crippen LogP contribution in [0.3, 0.4) is 0 Å². The lowest BCUT2D eigenvalue weighted by Gasteiger charge is -2.39. The fourth-order valence-corrected chi connectivity index (χ4v) is 3.57. The first-order valence-electron chi connectivity index (χ1n) is 8.22. The van der Waals surface area contributed by atoms with Crippen molar-refractivity contribution in [1.82, 2.24) is 10.2 Å². The predicted molar refractivity (Wildman–Crippen MR) is 76.8 cm³/mol. The van der Waals surface area contributed by atoms with E-state index in [1.807, 2.05) is 4.90 Å². The Morgan fingerprint density at radius 1 is 1.05 bits per heavy atom. The summed E-state index contributed by atoms with van der Waals surface area (Å²) in [5, 5.41) is 12.7. The van der Waals surface area contributed by atoms with Gasteiger partial charge in [-0.1, -0.05) is 0 Å². The van der Waals surface area contributed by atoms with Crippen LogP contribution >= 0.6 is 0 Å². The van der Waals surface area contributed by atoms with E-state index in [9.17, 15) is 9.90 Å². The van der Waals surface area contributed by atoms with Crippen LogP contribution in [-0.2, 0) is 9.47 Å². The van der Waals surface area contributed by atoms with Crippen LogP contribution in [0.5, 0.6) is 0 Å². The molecular weight excluding hydrogens is 272 g/mol. The molecule has 0 aromatic carbocycles. The van der Waals surface area contributed by atoms with Crippen molar-refractivity contribution in [2.24, 2.45) is 0 Å². The highest BCUT2D eigenvalue weighted by atomic mass is 16.7. The van der Waals surface area contributed by atoms with Crippen LogP contribution in [-0.4, -0.2) is 60.3 Å². The number of amides is 2. The maximum absolute atomic E-state index is 12.6. The second kappa shape index (κ2) is 6.94. The highest BCUT2D eigenvalue weighted by Crippen LogP contribution is 2.25. The minimum atomic E-state index is -0.260. The molecule has 1 atom stereocenters. The molecule has 2 N–H and O–H groups in total. The number of likely N-dealkylation sites (tertiary alicyclic amines) is 1. The summed E-state index contributed by atoms with van der Waals surface area (Å²) >= 11 is 0. The fourth-order valence-electron chi connectivity index (χ4n) is 3.57. The quantitative estimate of drug-likeness (QED) is 0.804. The normalized spacial score (nSPS) is 34.9. The Bertz CT molecular complexity index is 352. The highest BCUT2D eigenvalue weighted by Gasteiger charge is 2.37. The van der Waals surface area contributed by atoms with Crippen LogP contribution in [0.15, 0.2) is 0 Å². The molecule has 6 heteroatoms. The van der Waals surface area contributed by atoms with Gasteiger partial charge in [-0.15, -0.1) is 0 Å². The lowest BCUT2D eigenvalue weighted by atomic mass is 9.93. The number of carbonyl (C=O) groups is 1. The second-order valence-electron chi connectivity index (χ2n) is 6.32. The molecule has 3 rings (SSSR count). The van der Waals surface area contributed by atoms with Crippen LogP contribution < -0.4 is 5.32 Å². The average Bonchev–Trinajstić information content (AvgIpc) is 3.04. The topological polar surface area (TPSA) is 71.0 Å². The summed E-state index contributed by atoms with van der Waals surface area (Å²) in [6.07, 6.45) is 5.94. The number of nitrogens with one attached hydrogen (secondary N) is 1.